The number of carbonyl (C=O) groups excluding carboxylic acids is 1. The molecule has 164 valence electrons. The summed E-state index contributed by atoms with van der Waals surface area (Å²) < 4.78 is 6.94. The highest BCUT2D eigenvalue weighted by Gasteiger charge is 2.16. The van der Waals surface area contributed by atoms with Crippen LogP contribution in [-0.4, -0.2) is 39.7 Å². The zero-order valence-corrected chi connectivity index (χ0v) is 18.3. The van der Waals surface area contributed by atoms with Crippen molar-refractivity contribution in [3.63, 3.8) is 0 Å². The number of amides is 1. The van der Waals surface area contributed by atoms with E-state index in [2.05, 4.69) is 10.3 Å². The molecule has 0 aliphatic carbocycles. The summed E-state index contributed by atoms with van der Waals surface area (Å²) in [4.78, 5) is 31.1. The van der Waals surface area contributed by atoms with E-state index < -0.39 is 17.6 Å². The second-order valence-corrected chi connectivity index (χ2v) is 8.57. The zero-order valence-electron chi connectivity index (χ0n) is 17.5. The molecular weight excluding hydrogens is 426 g/mol. The van der Waals surface area contributed by atoms with Gasteiger partial charge in [0.05, 0.1) is 0 Å². The Kier molecular flexibility index (Phi) is 6.63. The third kappa shape index (κ3) is 5.22. The molecule has 1 unspecified atom stereocenters. The molecule has 0 aliphatic heterocycles. The van der Waals surface area contributed by atoms with E-state index in [0.717, 1.165) is 16.0 Å². The summed E-state index contributed by atoms with van der Waals surface area (Å²) in [6.07, 6.45) is 2.77. The first kappa shape index (κ1) is 21.7. The number of fused-ring (bicyclic) bond motifs is 1. The zero-order chi connectivity index (χ0) is 22.5. The predicted molar refractivity (Wildman–Crippen MR) is 124 cm³/mol. The summed E-state index contributed by atoms with van der Waals surface area (Å²) in [5.74, 6) is 0.0642. The first-order valence-corrected chi connectivity index (χ1v) is 11.0. The van der Waals surface area contributed by atoms with E-state index in [4.69, 9.17) is 4.74 Å². The van der Waals surface area contributed by atoms with E-state index >= 15 is 0 Å². The van der Waals surface area contributed by atoms with Crippen molar-refractivity contribution < 1.29 is 14.6 Å². The first-order valence-electron chi connectivity index (χ1n) is 10.2. The van der Waals surface area contributed by atoms with Gasteiger partial charge in [0.1, 0.15) is 24.0 Å². The summed E-state index contributed by atoms with van der Waals surface area (Å²) >= 11 is 1.41. The summed E-state index contributed by atoms with van der Waals surface area (Å²) in [6, 6.07) is 17.4. The third-order valence-corrected chi connectivity index (χ3v) is 5.85. The summed E-state index contributed by atoms with van der Waals surface area (Å²) in [5, 5.41) is 12.7. The largest absolute Gasteiger partial charge is 0.491 e. The first-order chi connectivity index (χ1) is 15.5. The fourth-order valence-electron chi connectivity index (χ4n) is 3.23. The summed E-state index contributed by atoms with van der Waals surface area (Å²) in [7, 11) is 0. The number of rotatable bonds is 8. The monoisotopic (exact) mass is 449 g/mol. The quantitative estimate of drug-likeness (QED) is 0.432. The maximum atomic E-state index is 12.8. The van der Waals surface area contributed by atoms with Crippen molar-refractivity contribution in [1.29, 1.82) is 0 Å². The number of nitrogens with one attached hydrogen (secondary N) is 1. The number of nitrogens with zero attached hydrogens (tertiary/aromatic N) is 2. The van der Waals surface area contributed by atoms with Gasteiger partial charge in [0.2, 0.25) is 0 Å². The van der Waals surface area contributed by atoms with Crippen molar-refractivity contribution in [2.75, 3.05) is 13.2 Å². The highest BCUT2D eigenvalue weighted by atomic mass is 32.1. The highest BCUT2D eigenvalue weighted by molar-refractivity contribution is 7.17. The molecule has 7 nitrogen and oxygen atoms in total. The smallest absolute Gasteiger partial charge is 0.271 e. The standard InChI is InChI=1S/C24H23N3O4S/c1-16-6-5-9-19(10-16)31-15-18(28)12-25-22(29)21-13-26-24-27(23(21)30)14-20(32-24)11-17-7-3-2-4-8-17/h2-10,13-14,18,28H,11-12,15H2,1H3,(H,25,29). The van der Waals surface area contributed by atoms with Crippen LogP contribution in [0.4, 0.5) is 0 Å². The van der Waals surface area contributed by atoms with E-state index in [-0.39, 0.29) is 18.7 Å². The van der Waals surface area contributed by atoms with Crippen LogP contribution >= 0.6 is 11.3 Å². The van der Waals surface area contributed by atoms with E-state index in [0.29, 0.717) is 17.1 Å². The Balaban J connectivity index is 1.38. The van der Waals surface area contributed by atoms with Gasteiger partial charge in [0, 0.05) is 30.2 Å². The van der Waals surface area contributed by atoms with Crippen LogP contribution in [-0.2, 0) is 6.42 Å². The number of thiazole rings is 1. The maximum Gasteiger partial charge on any atom is 0.271 e. The number of aliphatic hydroxyl groups excluding tert-OH is 1. The minimum atomic E-state index is -0.919. The van der Waals surface area contributed by atoms with Gasteiger partial charge in [-0.05, 0) is 30.2 Å². The van der Waals surface area contributed by atoms with Gasteiger partial charge in [-0.25, -0.2) is 4.98 Å². The van der Waals surface area contributed by atoms with Crippen molar-refractivity contribution in [2.24, 2.45) is 0 Å². The number of benzene rings is 2. The molecule has 1 amide bonds. The Morgan fingerprint density at radius 1 is 1.22 bits per heavy atom. The number of aromatic nitrogens is 2. The van der Waals surface area contributed by atoms with Gasteiger partial charge in [-0.15, -0.1) is 11.3 Å². The van der Waals surface area contributed by atoms with Crippen LogP contribution in [0.25, 0.3) is 4.96 Å². The van der Waals surface area contributed by atoms with Gasteiger partial charge >= 0.3 is 0 Å². The molecule has 32 heavy (non-hydrogen) atoms. The van der Waals surface area contributed by atoms with E-state index in [1.807, 2.05) is 55.5 Å². The molecule has 2 aromatic carbocycles. The van der Waals surface area contributed by atoms with Crippen molar-refractivity contribution in [2.45, 2.75) is 19.4 Å². The lowest BCUT2D eigenvalue weighted by atomic mass is 10.1. The van der Waals surface area contributed by atoms with Crippen LogP contribution in [0.15, 0.2) is 71.8 Å². The van der Waals surface area contributed by atoms with Crippen LogP contribution in [0.5, 0.6) is 5.75 Å². The highest BCUT2D eigenvalue weighted by Crippen LogP contribution is 2.18. The molecular formula is C24H23N3O4S. The molecule has 4 rings (SSSR count). The lowest BCUT2D eigenvalue weighted by Crippen LogP contribution is -2.38. The number of ether oxygens (including phenoxy) is 1. The van der Waals surface area contributed by atoms with Gasteiger partial charge < -0.3 is 15.2 Å². The lowest BCUT2D eigenvalue weighted by Gasteiger charge is -2.13. The number of carbonyl (C=O) groups is 1. The van der Waals surface area contributed by atoms with Crippen LogP contribution in [0, 0.1) is 6.92 Å². The van der Waals surface area contributed by atoms with E-state index in [1.165, 1.54) is 21.9 Å². The van der Waals surface area contributed by atoms with Crippen LogP contribution in [0.3, 0.4) is 0 Å². The predicted octanol–water partition coefficient (Wildman–Crippen LogP) is 2.82. The van der Waals surface area contributed by atoms with Gasteiger partial charge in [0.15, 0.2) is 4.96 Å². The van der Waals surface area contributed by atoms with Crippen LogP contribution < -0.4 is 15.6 Å². The number of aliphatic hydroxyl groups is 1. The van der Waals surface area contributed by atoms with Crippen molar-refractivity contribution in [3.05, 3.63) is 98.9 Å². The molecule has 0 fully saturated rings. The minimum absolute atomic E-state index is 0.0212. The Morgan fingerprint density at radius 2 is 2.03 bits per heavy atom. The molecule has 8 heteroatoms. The average molecular weight is 450 g/mol. The second kappa shape index (κ2) is 9.76. The number of aryl methyl sites for hydroxylation is 1. The van der Waals surface area contributed by atoms with Gasteiger partial charge in [-0.3, -0.25) is 14.0 Å². The molecule has 0 saturated carbocycles. The second-order valence-electron chi connectivity index (χ2n) is 7.48. The fraction of sp³-hybridized carbons (Fsp3) is 0.208. The summed E-state index contributed by atoms with van der Waals surface area (Å²) in [5.41, 5.74) is 1.67. The van der Waals surface area contributed by atoms with Crippen LogP contribution in [0.2, 0.25) is 0 Å². The fourth-order valence-corrected chi connectivity index (χ4v) is 4.20. The molecule has 0 saturated heterocycles. The molecule has 2 aromatic heterocycles. The summed E-state index contributed by atoms with van der Waals surface area (Å²) in [6.45, 7) is 1.92. The Labute approximate surface area is 189 Å². The topological polar surface area (TPSA) is 92.9 Å². The molecule has 0 spiro atoms. The Hall–Kier alpha value is -3.49. The van der Waals surface area contributed by atoms with Gasteiger partial charge in [-0.1, -0.05) is 42.5 Å². The van der Waals surface area contributed by atoms with Gasteiger partial charge in [0.25, 0.3) is 11.5 Å². The van der Waals surface area contributed by atoms with Crippen molar-refractivity contribution in [3.8, 4) is 5.75 Å². The SMILES string of the molecule is Cc1cccc(OCC(O)CNC(=O)c2cnc3sc(Cc4ccccc4)cn3c2=O)c1. The lowest BCUT2D eigenvalue weighted by molar-refractivity contribution is 0.0842. The van der Waals surface area contributed by atoms with Gasteiger partial charge in [-0.2, -0.15) is 0 Å². The van der Waals surface area contributed by atoms with Crippen molar-refractivity contribution in [1.82, 2.24) is 14.7 Å². The van der Waals surface area contributed by atoms with E-state index in [1.54, 1.807) is 12.3 Å². The minimum Gasteiger partial charge on any atom is -0.491 e. The molecule has 0 aliphatic rings. The average Bonchev–Trinajstić information content (AvgIpc) is 3.20. The molecule has 1 atom stereocenters. The van der Waals surface area contributed by atoms with Crippen molar-refractivity contribution >= 4 is 22.2 Å². The molecule has 0 radical (unpaired) electrons. The Bertz CT molecular complexity index is 1280. The Morgan fingerprint density at radius 3 is 2.81 bits per heavy atom. The third-order valence-electron chi connectivity index (χ3n) is 4.85. The molecule has 4 aromatic rings. The van der Waals surface area contributed by atoms with E-state index in [9.17, 15) is 14.7 Å². The molecule has 0 bridgehead atoms. The molecule has 2 N–H and O–H groups in total. The molecule has 2 heterocycles. The number of hydrogen-bond donors (Lipinski definition) is 2. The number of hydrogen-bond acceptors (Lipinski definition) is 6. The van der Waals surface area contributed by atoms with Crippen LogP contribution in [0.1, 0.15) is 26.4 Å². The maximum absolute atomic E-state index is 12.8. The normalized spacial score (nSPS) is 11.9.